The van der Waals surface area contributed by atoms with Gasteiger partial charge in [0.2, 0.25) is 5.91 Å². The fourth-order valence-electron chi connectivity index (χ4n) is 1.59. The van der Waals surface area contributed by atoms with Crippen LogP contribution >= 0.6 is 0 Å². The van der Waals surface area contributed by atoms with E-state index in [1.165, 1.54) is 0 Å². The molecule has 0 aromatic rings. The van der Waals surface area contributed by atoms with Crippen molar-refractivity contribution in [3.63, 3.8) is 0 Å². The molecule has 4 N–H and O–H groups in total. The highest BCUT2D eigenvalue weighted by atomic mass is 16.3. The Kier molecular flexibility index (Phi) is 3.69. The Morgan fingerprint density at radius 2 is 2.15 bits per heavy atom. The average molecular weight is 186 g/mol. The maximum Gasteiger partial charge on any atom is 0.236 e. The fraction of sp³-hybridized carbons (Fsp3) is 0.889. The number of nitrogens with one attached hydrogen (secondary N) is 1. The lowest BCUT2D eigenvalue weighted by atomic mass is 9.92. The SMILES string of the molecule is C[C@H](N)C(=O)N[C@H]1CCCC[C@@H]1O. The zero-order valence-corrected chi connectivity index (χ0v) is 7.99. The first-order valence-corrected chi connectivity index (χ1v) is 4.85. The van der Waals surface area contributed by atoms with Crippen LogP contribution in [0.15, 0.2) is 0 Å². The van der Waals surface area contributed by atoms with Crippen LogP contribution in [0.2, 0.25) is 0 Å². The molecule has 1 amide bonds. The second-order valence-electron chi connectivity index (χ2n) is 3.76. The summed E-state index contributed by atoms with van der Waals surface area (Å²) in [7, 11) is 0. The highest BCUT2D eigenvalue weighted by molar-refractivity contribution is 5.81. The molecule has 1 aliphatic rings. The smallest absolute Gasteiger partial charge is 0.236 e. The second-order valence-corrected chi connectivity index (χ2v) is 3.76. The fourth-order valence-corrected chi connectivity index (χ4v) is 1.59. The molecule has 4 nitrogen and oxygen atoms in total. The van der Waals surface area contributed by atoms with Gasteiger partial charge in [0.15, 0.2) is 0 Å². The van der Waals surface area contributed by atoms with E-state index in [1.807, 2.05) is 0 Å². The monoisotopic (exact) mass is 186 g/mol. The maximum atomic E-state index is 11.2. The van der Waals surface area contributed by atoms with Crippen molar-refractivity contribution < 1.29 is 9.90 Å². The van der Waals surface area contributed by atoms with Crippen LogP contribution in [0.5, 0.6) is 0 Å². The summed E-state index contributed by atoms with van der Waals surface area (Å²) in [5.41, 5.74) is 5.40. The minimum absolute atomic E-state index is 0.0905. The molecule has 0 saturated heterocycles. The van der Waals surface area contributed by atoms with Gasteiger partial charge in [-0.2, -0.15) is 0 Å². The second kappa shape index (κ2) is 4.58. The van der Waals surface area contributed by atoms with Gasteiger partial charge in [0.05, 0.1) is 18.2 Å². The standard InChI is InChI=1S/C9H18N2O2/c1-6(10)9(13)11-7-4-2-3-5-8(7)12/h6-8,12H,2-5,10H2,1H3,(H,11,13)/t6-,7-,8-/m0/s1. The molecule has 0 aliphatic heterocycles. The van der Waals surface area contributed by atoms with Gasteiger partial charge < -0.3 is 16.2 Å². The van der Waals surface area contributed by atoms with Gasteiger partial charge in [0.25, 0.3) is 0 Å². The molecular weight excluding hydrogens is 168 g/mol. The molecule has 0 aromatic carbocycles. The minimum atomic E-state index is -0.492. The zero-order valence-electron chi connectivity index (χ0n) is 7.99. The van der Waals surface area contributed by atoms with Crippen LogP contribution in [0.3, 0.4) is 0 Å². The highest BCUT2D eigenvalue weighted by Gasteiger charge is 2.24. The molecule has 0 unspecified atom stereocenters. The molecule has 4 heteroatoms. The van der Waals surface area contributed by atoms with E-state index in [4.69, 9.17) is 5.73 Å². The van der Waals surface area contributed by atoms with Crippen molar-refractivity contribution in [1.82, 2.24) is 5.32 Å². The molecule has 1 saturated carbocycles. The summed E-state index contributed by atoms with van der Waals surface area (Å²) in [6.07, 6.45) is 3.37. The quantitative estimate of drug-likeness (QED) is 0.557. The van der Waals surface area contributed by atoms with Crippen LogP contribution in [0.25, 0.3) is 0 Å². The Hall–Kier alpha value is -0.610. The number of amides is 1. The van der Waals surface area contributed by atoms with Gasteiger partial charge in [-0.3, -0.25) is 4.79 Å². The highest BCUT2D eigenvalue weighted by Crippen LogP contribution is 2.18. The van der Waals surface area contributed by atoms with Gasteiger partial charge in [-0.1, -0.05) is 12.8 Å². The van der Waals surface area contributed by atoms with E-state index in [1.54, 1.807) is 6.92 Å². The molecule has 13 heavy (non-hydrogen) atoms. The van der Waals surface area contributed by atoms with Crippen molar-refractivity contribution in [2.75, 3.05) is 0 Å². The molecule has 1 aliphatic carbocycles. The van der Waals surface area contributed by atoms with Crippen LogP contribution in [-0.4, -0.2) is 29.2 Å². The van der Waals surface area contributed by atoms with E-state index in [0.717, 1.165) is 25.7 Å². The molecule has 0 bridgehead atoms. The van der Waals surface area contributed by atoms with Crippen molar-refractivity contribution in [3.8, 4) is 0 Å². The minimum Gasteiger partial charge on any atom is -0.391 e. The molecule has 1 rings (SSSR count). The van der Waals surface area contributed by atoms with Gasteiger partial charge in [-0.15, -0.1) is 0 Å². The predicted octanol–water partition coefficient (Wildman–Crippen LogP) is -0.247. The van der Waals surface area contributed by atoms with Crippen molar-refractivity contribution in [2.24, 2.45) is 5.73 Å². The number of carbonyl (C=O) groups excluding carboxylic acids is 1. The number of hydrogen-bond acceptors (Lipinski definition) is 3. The number of aliphatic hydroxyl groups excluding tert-OH is 1. The predicted molar refractivity (Wildman–Crippen MR) is 50.1 cm³/mol. The third-order valence-electron chi connectivity index (χ3n) is 2.47. The Balaban J connectivity index is 2.38. The molecule has 0 spiro atoms. The number of aliphatic hydroxyl groups is 1. The van der Waals surface area contributed by atoms with Crippen LogP contribution in [0, 0.1) is 0 Å². The first kappa shape index (κ1) is 10.5. The van der Waals surface area contributed by atoms with E-state index in [0.29, 0.717) is 0 Å². The van der Waals surface area contributed by atoms with Gasteiger partial charge in [0, 0.05) is 0 Å². The van der Waals surface area contributed by atoms with E-state index in [-0.39, 0.29) is 11.9 Å². The van der Waals surface area contributed by atoms with Gasteiger partial charge >= 0.3 is 0 Å². The van der Waals surface area contributed by atoms with E-state index < -0.39 is 12.1 Å². The van der Waals surface area contributed by atoms with E-state index in [9.17, 15) is 9.90 Å². The largest absolute Gasteiger partial charge is 0.391 e. The van der Waals surface area contributed by atoms with Crippen molar-refractivity contribution in [1.29, 1.82) is 0 Å². The zero-order chi connectivity index (χ0) is 9.84. The van der Waals surface area contributed by atoms with Gasteiger partial charge in [-0.05, 0) is 19.8 Å². The summed E-state index contributed by atoms with van der Waals surface area (Å²) < 4.78 is 0. The third-order valence-corrected chi connectivity index (χ3v) is 2.47. The first-order valence-electron chi connectivity index (χ1n) is 4.85. The molecule has 3 atom stereocenters. The summed E-state index contributed by atoms with van der Waals surface area (Å²) in [5.74, 6) is -0.175. The molecule has 0 radical (unpaired) electrons. The van der Waals surface area contributed by atoms with Crippen molar-refractivity contribution >= 4 is 5.91 Å². The average Bonchev–Trinajstić information content (AvgIpc) is 2.08. The lowest BCUT2D eigenvalue weighted by Crippen LogP contribution is -2.49. The molecule has 1 fully saturated rings. The van der Waals surface area contributed by atoms with Gasteiger partial charge in [-0.25, -0.2) is 0 Å². The van der Waals surface area contributed by atoms with Crippen molar-refractivity contribution in [3.05, 3.63) is 0 Å². The van der Waals surface area contributed by atoms with Crippen LogP contribution in [-0.2, 0) is 4.79 Å². The molecule has 0 heterocycles. The Morgan fingerprint density at radius 1 is 1.54 bits per heavy atom. The summed E-state index contributed by atoms with van der Waals surface area (Å²) in [6, 6.07) is -0.582. The lowest BCUT2D eigenvalue weighted by Gasteiger charge is -2.28. The molecule has 76 valence electrons. The number of carbonyl (C=O) groups is 1. The number of hydrogen-bond donors (Lipinski definition) is 3. The maximum absolute atomic E-state index is 11.2. The van der Waals surface area contributed by atoms with Gasteiger partial charge in [0.1, 0.15) is 0 Å². The van der Waals surface area contributed by atoms with Crippen molar-refractivity contribution in [2.45, 2.75) is 50.8 Å². The normalized spacial score (nSPS) is 31.0. The Labute approximate surface area is 78.5 Å². The third kappa shape index (κ3) is 2.97. The summed E-state index contributed by atoms with van der Waals surface area (Å²) >= 11 is 0. The molecular formula is C9H18N2O2. The topological polar surface area (TPSA) is 75.4 Å². The van der Waals surface area contributed by atoms with E-state index >= 15 is 0 Å². The Bertz CT molecular complexity index is 182. The first-order chi connectivity index (χ1) is 6.11. The summed E-state index contributed by atoms with van der Waals surface area (Å²) in [6.45, 7) is 1.64. The number of nitrogens with two attached hydrogens (primary N) is 1. The van der Waals surface area contributed by atoms with Crippen LogP contribution in [0.4, 0.5) is 0 Å². The lowest BCUT2D eigenvalue weighted by molar-refractivity contribution is -0.123. The van der Waals surface area contributed by atoms with E-state index in [2.05, 4.69) is 5.32 Å². The Morgan fingerprint density at radius 3 is 2.69 bits per heavy atom. The summed E-state index contributed by atoms with van der Waals surface area (Å²) in [4.78, 5) is 11.2. The number of rotatable bonds is 2. The molecule has 0 aromatic heterocycles. The van der Waals surface area contributed by atoms with Crippen LogP contribution < -0.4 is 11.1 Å². The summed E-state index contributed by atoms with van der Waals surface area (Å²) in [5, 5.41) is 12.3. The van der Waals surface area contributed by atoms with Crippen LogP contribution in [0.1, 0.15) is 32.6 Å².